The molecule has 6 rings (SSSR count). The Bertz CT molecular complexity index is 2090. The number of nitro groups is 2. The van der Waals surface area contributed by atoms with Gasteiger partial charge in [0.25, 0.3) is 17.3 Å². The molecule has 0 N–H and O–H groups in total. The Morgan fingerprint density at radius 3 is 2.06 bits per heavy atom. The van der Waals surface area contributed by atoms with Crippen LogP contribution in [-0.2, 0) is 6.61 Å². The van der Waals surface area contributed by atoms with Gasteiger partial charge in [-0.3, -0.25) is 20.2 Å². The third-order valence-electron chi connectivity index (χ3n) is 7.26. The molecular formula is C33H25N5O9. The van der Waals surface area contributed by atoms with Gasteiger partial charge in [0.05, 0.1) is 53.8 Å². The van der Waals surface area contributed by atoms with Gasteiger partial charge in [0.15, 0.2) is 18.1 Å². The number of aromatic nitrogens is 3. The van der Waals surface area contributed by atoms with E-state index in [0.717, 1.165) is 11.6 Å². The maximum atomic E-state index is 12.0. The van der Waals surface area contributed by atoms with Crippen molar-refractivity contribution in [3.8, 4) is 56.8 Å². The fraction of sp³-hybridized carbons (Fsp3) is 0.121. The number of nitrogens with zero attached hydrogens (tertiary/aromatic N) is 5. The van der Waals surface area contributed by atoms with Crippen LogP contribution in [0.4, 0.5) is 11.4 Å². The first-order valence-corrected chi connectivity index (χ1v) is 14.0. The average molecular weight is 636 g/mol. The Balaban J connectivity index is 1.42. The van der Waals surface area contributed by atoms with Crippen molar-refractivity contribution in [2.45, 2.75) is 6.61 Å². The Labute approximate surface area is 266 Å². The molecule has 0 unspecified atom stereocenters. The van der Waals surface area contributed by atoms with Crippen LogP contribution < -0.4 is 18.9 Å². The highest BCUT2D eigenvalue weighted by molar-refractivity contribution is 5.98. The lowest BCUT2D eigenvalue weighted by molar-refractivity contribution is -0.393. The first-order chi connectivity index (χ1) is 22.8. The number of benzene rings is 4. The lowest BCUT2D eigenvalue weighted by Gasteiger charge is -2.16. The minimum atomic E-state index is -0.697. The van der Waals surface area contributed by atoms with Crippen LogP contribution in [0, 0.1) is 20.2 Å². The van der Waals surface area contributed by atoms with E-state index < -0.39 is 21.2 Å². The van der Waals surface area contributed by atoms with Crippen LogP contribution in [0.25, 0.3) is 44.7 Å². The molecule has 47 heavy (non-hydrogen) atoms. The van der Waals surface area contributed by atoms with Gasteiger partial charge in [-0.05, 0) is 48.0 Å². The number of pyridine rings is 1. The normalized spacial score (nSPS) is 10.9. The van der Waals surface area contributed by atoms with Crippen molar-refractivity contribution in [3.05, 3.63) is 111 Å². The maximum absolute atomic E-state index is 12.0. The van der Waals surface area contributed by atoms with Gasteiger partial charge in [0.2, 0.25) is 11.6 Å². The van der Waals surface area contributed by atoms with E-state index in [-0.39, 0.29) is 17.5 Å². The number of non-ortho nitro benzene ring substituents is 2. The number of rotatable bonds is 11. The van der Waals surface area contributed by atoms with Gasteiger partial charge < -0.3 is 23.5 Å². The Hall–Kier alpha value is -6.57. The van der Waals surface area contributed by atoms with Gasteiger partial charge in [0, 0.05) is 22.8 Å². The van der Waals surface area contributed by atoms with Crippen molar-refractivity contribution in [2.24, 2.45) is 0 Å². The van der Waals surface area contributed by atoms with Crippen LogP contribution in [0.2, 0.25) is 0 Å². The minimum absolute atomic E-state index is 0.0505. The topological polar surface area (TPSA) is 175 Å². The first kappa shape index (κ1) is 30.5. The van der Waals surface area contributed by atoms with Crippen molar-refractivity contribution >= 4 is 22.3 Å². The summed E-state index contributed by atoms with van der Waals surface area (Å²) in [6, 6.07) is 23.4. The van der Waals surface area contributed by atoms with E-state index in [4.69, 9.17) is 28.5 Å². The van der Waals surface area contributed by atoms with Crippen LogP contribution in [0.3, 0.4) is 0 Å². The molecule has 14 heteroatoms. The molecular weight excluding hydrogens is 610 g/mol. The van der Waals surface area contributed by atoms with Gasteiger partial charge in [-0.15, -0.1) is 0 Å². The molecule has 0 saturated carbocycles. The number of hydrogen-bond donors (Lipinski definition) is 0. The van der Waals surface area contributed by atoms with E-state index >= 15 is 0 Å². The zero-order valence-corrected chi connectivity index (χ0v) is 25.2. The molecule has 2 heterocycles. The van der Waals surface area contributed by atoms with Gasteiger partial charge in [0.1, 0.15) is 5.75 Å². The van der Waals surface area contributed by atoms with Crippen molar-refractivity contribution < 1.29 is 33.3 Å². The molecule has 0 fully saturated rings. The van der Waals surface area contributed by atoms with Crippen molar-refractivity contribution in [2.75, 3.05) is 21.3 Å². The van der Waals surface area contributed by atoms with Crippen molar-refractivity contribution in [1.29, 1.82) is 0 Å². The molecule has 0 amide bonds. The SMILES string of the molecule is COc1cc(-c2nc3cc([N+](=O)[O-])cc([N+](=O)[O-])c3cc2-c2ccc(OCc3noc(-c4ccccc4)n3)cc2)cc(OC)c1OC. The summed E-state index contributed by atoms with van der Waals surface area (Å²) in [5.41, 5.74) is 1.95. The lowest BCUT2D eigenvalue weighted by Crippen LogP contribution is -2.00. The number of ether oxygens (including phenoxy) is 4. The van der Waals surface area contributed by atoms with E-state index in [9.17, 15) is 20.2 Å². The van der Waals surface area contributed by atoms with E-state index in [2.05, 4.69) is 10.1 Å². The molecule has 0 saturated heterocycles. The van der Waals surface area contributed by atoms with E-state index in [1.807, 2.05) is 30.3 Å². The summed E-state index contributed by atoms with van der Waals surface area (Å²) in [4.78, 5) is 31.4. The third-order valence-corrected chi connectivity index (χ3v) is 7.26. The zero-order chi connectivity index (χ0) is 33.1. The van der Waals surface area contributed by atoms with E-state index in [0.29, 0.717) is 57.1 Å². The zero-order valence-electron chi connectivity index (χ0n) is 25.2. The highest BCUT2D eigenvalue weighted by Crippen LogP contribution is 2.44. The Morgan fingerprint density at radius 2 is 1.45 bits per heavy atom. The second-order valence-electron chi connectivity index (χ2n) is 10.0. The molecule has 6 aromatic rings. The Kier molecular flexibility index (Phi) is 8.30. The van der Waals surface area contributed by atoms with Gasteiger partial charge in [-0.1, -0.05) is 35.5 Å². The summed E-state index contributed by atoms with van der Waals surface area (Å²) < 4.78 is 27.8. The molecule has 0 aliphatic heterocycles. The summed E-state index contributed by atoms with van der Waals surface area (Å²) in [5.74, 6) is 2.29. The molecule has 2 aromatic heterocycles. The van der Waals surface area contributed by atoms with E-state index in [1.54, 1.807) is 42.5 Å². The summed E-state index contributed by atoms with van der Waals surface area (Å²) in [7, 11) is 4.42. The highest BCUT2D eigenvalue weighted by atomic mass is 16.6. The standard InChI is InChI=1S/C33H25N5O9/c1-43-28-13-21(14-29(44-2)32(28)45-3)31-24(17-25-26(34-31)15-22(37(39)40)16-27(25)38(41)42)19-9-11-23(12-10-19)46-18-30-35-33(47-36-30)20-7-5-4-6-8-20/h4-17H,18H2,1-3H3. The van der Waals surface area contributed by atoms with Crippen LogP contribution in [0.5, 0.6) is 23.0 Å². The van der Waals surface area contributed by atoms with Gasteiger partial charge in [-0.25, -0.2) is 4.98 Å². The summed E-state index contributed by atoms with van der Waals surface area (Å²) >= 11 is 0. The highest BCUT2D eigenvalue weighted by Gasteiger charge is 2.24. The van der Waals surface area contributed by atoms with Gasteiger partial charge in [-0.2, -0.15) is 4.98 Å². The van der Waals surface area contributed by atoms with Crippen LogP contribution in [0.1, 0.15) is 5.82 Å². The monoisotopic (exact) mass is 635 g/mol. The smallest absolute Gasteiger partial charge is 0.285 e. The molecule has 14 nitrogen and oxygen atoms in total. The molecule has 0 spiro atoms. The van der Waals surface area contributed by atoms with Gasteiger partial charge >= 0.3 is 0 Å². The lowest BCUT2D eigenvalue weighted by atomic mass is 9.96. The fourth-order valence-electron chi connectivity index (χ4n) is 5.05. The van der Waals surface area contributed by atoms with Crippen LogP contribution in [-0.4, -0.2) is 46.3 Å². The molecule has 0 aliphatic carbocycles. The van der Waals surface area contributed by atoms with Crippen LogP contribution in [0.15, 0.2) is 89.5 Å². The first-order valence-electron chi connectivity index (χ1n) is 14.0. The summed E-state index contributed by atoms with van der Waals surface area (Å²) in [6.07, 6.45) is 0. The second kappa shape index (κ2) is 12.8. The fourth-order valence-corrected chi connectivity index (χ4v) is 5.05. The largest absolute Gasteiger partial charge is 0.493 e. The molecule has 0 atom stereocenters. The molecule has 236 valence electrons. The number of methoxy groups -OCH3 is 3. The van der Waals surface area contributed by atoms with Crippen molar-refractivity contribution in [1.82, 2.24) is 15.1 Å². The molecule has 0 bridgehead atoms. The molecule has 0 radical (unpaired) electrons. The second-order valence-corrected chi connectivity index (χ2v) is 10.0. The average Bonchev–Trinajstić information content (AvgIpc) is 3.58. The van der Waals surface area contributed by atoms with E-state index in [1.165, 1.54) is 27.4 Å². The number of fused-ring (bicyclic) bond motifs is 1. The number of nitro benzene ring substituents is 2. The molecule has 4 aromatic carbocycles. The van der Waals surface area contributed by atoms with Crippen LogP contribution >= 0.6 is 0 Å². The predicted octanol–water partition coefficient (Wildman–Crippen LogP) is 7.04. The quantitative estimate of drug-likeness (QED) is 0.105. The Morgan fingerprint density at radius 1 is 0.745 bits per heavy atom. The summed E-state index contributed by atoms with van der Waals surface area (Å²) in [5, 5.41) is 27.8. The minimum Gasteiger partial charge on any atom is -0.493 e. The summed E-state index contributed by atoms with van der Waals surface area (Å²) in [6.45, 7) is 0.0505. The maximum Gasteiger partial charge on any atom is 0.285 e. The predicted molar refractivity (Wildman–Crippen MR) is 170 cm³/mol. The van der Waals surface area contributed by atoms with Crippen molar-refractivity contribution in [3.63, 3.8) is 0 Å². The third kappa shape index (κ3) is 6.07. The number of hydrogen-bond acceptors (Lipinski definition) is 12. The molecule has 0 aliphatic rings.